The zero-order chi connectivity index (χ0) is 12.3. The molecule has 6 nitrogen and oxygen atoms in total. The first-order chi connectivity index (χ1) is 8.33. The topological polar surface area (TPSA) is 69.2 Å². The van der Waals surface area contributed by atoms with Gasteiger partial charge in [-0.05, 0) is 0 Å². The fraction of sp³-hybridized carbons (Fsp3) is 1.00. The Morgan fingerprint density at radius 3 is 2.88 bits per heavy atom. The van der Waals surface area contributed by atoms with Crippen LogP contribution in [0.4, 0.5) is 0 Å². The maximum Gasteiger partial charge on any atom is 0.101 e. The lowest BCUT2D eigenvalue weighted by Gasteiger charge is -2.23. The number of rotatable bonds is 9. The summed E-state index contributed by atoms with van der Waals surface area (Å²) in [5.41, 5.74) is 0. The van der Waals surface area contributed by atoms with Crippen LogP contribution in [-0.2, 0) is 18.9 Å². The van der Waals surface area contributed by atoms with Gasteiger partial charge in [-0.3, -0.25) is 0 Å². The van der Waals surface area contributed by atoms with E-state index >= 15 is 0 Å². The van der Waals surface area contributed by atoms with Crippen molar-refractivity contribution in [3.05, 3.63) is 0 Å². The molecule has 0 radical (unpaired) electrons. The molecule has 6 heteroatoms. The highest BCUT2D eigenvalue weighted by Crippen LogP contribution is 1.97. The Morgan fingerprint density at radius 1 is 1.35 bits per heavy atom. The maximum atomic E-state index is 9.53. The number of hydrogen-bond donors (Lipinski definition) is 2. The van der Waals surface area contributed by atoms with E-state index in [-0.39, 0.29) is 19.3 Å². The maximum absolute atomic E-state index is 9.53. The molecule has 0 bridgehead atoms. The average Bonchev–Trinajstić information content (AvgIpc) is 2.36. The summed E-state index contributed by atoms with van der Waals surface area (Å²) in [5.74, 6) is 0. The summed E-state index contributed by atoms with van der Waals surface area (Å²) in [7, 11) is 1.61. The van der Waals surface area contributed by atoms with Crippen LogP contribution in [0.1, 0.15) is 0 Å². The quantitative estimate of drug-likeness (QED) is 0.512. The summed E-state index contributed by atoms with van der Waals surface area (Å²) in [4.78, 5) is 0. The Bertz CT molecular complexity index is 175. The predicted molar refractivity (Wildman–Crippen MR) is 62.1 cm³/mol. The minimum atomic E-state index is -0.594. The van der Waals surface area contributed by atoms with Crippen molar-refractivity contribution in [1.82, 2.24) is 5.32 Å². The van der Waals surface area contributed by atoms with Gasteiger partial charge in [0.15, 0.2) is 0 Å². The zero-order valence-electron chi connectivity index (χ0n) is 10.4. The molecular weight excluding hydrogens is 226 g/mol. The highest BCUT2D eigenvalue weighted by atomic mass is 16.5. The molecule has 2 N–H and O–H groups in total. The molecule has 0 aromatic rings. The van der Waals surface area contributed by atoms with E-state index in [1.165, 1.54) is 0 Å². The third kappa shape index (κ3) is 7.64. The molecule has 1 heterocycles. The van der Waals surface area contributed by atoms with Gasteiger partial charge >= 0.3 is 0 Å². The van der Waals surface area contributed by atoms with E-state index < -0.39 is 6.10 Å². The van der Waals surface area contributed by atoms with Crippen molar-refractivity contribution in [1.29, 1.82) is 0 Å². The van der Waals surface area contributed by atoms with Crippen molar-refractivity contribution in [2.24, 2.45) is 0 Å². The second kappa shape index (κ2) is 9.76. The molecule has 0 saturated carbocycles. The summed E-state index contributed by atoms with van der Waals surface area (Å²) in [5, 5.41) is 12.7. The number of hydrogen-bond acceptors (Lipinski definition) is 6. The van der Waals surface area contributed by atoms with E-state index in [0.717, 1.165) is 19.7 Å². The lowest BCUT2D eigenvalue weighted by atomic mass is 10.3. The van der Waals surface area contributed by atoms with Crippen LogP contribution in [-0.4, -0.2) is 77.2 Å². The second-order valence-corrected chi connectivity index (χ2v) is 3.96. The largest absolute Gasteiger partial charge is 0.388 e. The van der Waals surface area contributed by atoms with Crippen LogP contribution in [0.15, 0.2) is 0 Å². The standard InChI is InChI=1S/C11H23NO5/c1-14-4-5-15-7-10(13)8-16-9-11-6-12-2-3-17-11/h10-13H,2-9H2,1H3. The normalized spacial score (nSPS) is 22.6. The van der Waals surface area contributed by atoms with Crippen LogP contribution in [0.3, 0.4) is 0 Å². The number of aliphatic hydroxyl groups is 1. The Morgan fingerprint density at radius 2 is 2.18 bits per heavy atom. The van der Waals surface area contributed by atoms with E-state index in [2.05, 4.69) is 5.32 Å². The molecule has 102 valence electrons. The molecule has 0 aromatic heterocycles. The van der Waals surface area contributed by atoms with Crippen LogP contribution >= 0.6 is 0 Å². The first-order valence-electron chi connectivity index (χ1n) is 5.97. The molecule has 1 fully saturated rings. The minimum absolute atomic E-state index is 0.0883. The molecule has 1 aliphatic heterocycles. The van der Waals surface area contributed by atoms with Crippen LogP contribution in [0.25, 0.3) is 0 Å². The van der Waals surface area contributed by atoms with Gasteiger partial charge in [-0.25, -0.2) is 0 Å². The molecule has 0 amide bonds. The van der Waals surface area contributed by atoms with Crippen molar-refractivity contribution in [3.63, 3.8) is 0 Å². The van der Waals surface area contributed by atoms with Gasteiger partial charge in [-0.1, -0.05) is 0 Å². The summed E-state index contributed by atoms with van der Waals surface area (Å²) in [6, 6.07) is 0. The molecule has 0 aliphatic carbocycles. The van der Waals surface area contributed by atoms with Crippen molar-refractivity contribution < 1.29 is 24.1 Å². The van der Waals surface area contributed by atoms with E-state index in [0.29, 0.717) is 19.8 Å². The Hall–Kier alpha value is -0.240. The molecule has 2 unspecified atom stereocenters. The Kier molecular flexibility index (Phi) is 8.50. The molecule has 1 rings (SSSR count). The van der Waals surface area contributed by atoms with E-state index in [4.69, 9.17) is 18.9 Å². The molecule has 0 spiro atoms. The number of aliphatic hydroxyl groups excluding tert-OH is 1. The van der Waals surface area contributed by atoms with Gasteiger partial charge in [0.2, 0.25) is 0 Å². The minimum Gasteiger partial charge on any atom is -0.388 e. The fourth-order valence-electron chi connectivity index (χ4n) is 1.47. The van der Waals surface area contributed by atoms with E-state index in [1.807, 2.05) is 0 Å². The third-order valence-corrected chi connectivity index (χ3v) is 2.36. The van der Waals surface area contributed by atoms with Crippen LogP contribution < -0.4 is 5.32 Å². The van der Waals surface area contributed by atoms with Crippen LogP contribution in [0.2, 0.25) is 0 Å². The van der Waals surface area contributed by atoms with Crippen LogP contribution in [0.5, 0.6) is 0 Å². The van der Waals surface area contributed by atoms with Crippen molar-refractivity contribution in [2.75, 3.05) is 59.8 Å². The summed E-state index contributed by atoms with van der Waals surface area (Å²) >= 11 is 0. The monoisotopic (exact) mass is 249 g/mol. The molecule has 0 aromatic carbocycles. The van der Waals surface area contributed by atoms with Crippen molar-refractivity contribution >= 4 is 0 Å². The predicted octanol–water partition coefficient (Wildman–Crippen LogP) is -0.985. The summed E-state index contributed by atoms with van der Waals surface area (Å²) < 4.78 is 20.8. The molecule has 1 saturated heterocycles. The van der Waals surface area contributed by atoms with Gasteiger partial charge in [-0.2, -0.15) is 0 Å². The smallest absolute Gasteiger partial charge is 0.101 e. The van der Waals surface area contributed by atoms with Crippen molar-refractivity contribution in [3.8, 4) is 0 Å². The Labute approximate surface area is 102 Å². The van der Waals surface area contributed by atoms with Crippen molar-refractivity contribution in [2.45, 2.75) is 12.2 Å². The number of morpholine rings is 1. The SMILES string of the molecule is COCCOCC(O)COCC1CNCCO1. The first-order valence-corrected chi connectivity index (χ1v) is 5.97. The summed E-state index contributed by atoms with van der Waals surface area (Å²) in [6.07, 6.45) is -0.506. The van der Waals surface area contributed by atoms with Gasteiger partial charge in [0.1, 0.15) is 6.10 Å². The number of ether oxygens (including phenoxy) is 4. The van der Waals surface area contributed by atoms with Gasteiger partial charge in [0.25, 0.3) is 0 Å². The lowest BCUT2D eigenvalue weighted by molar-refractivity contribution is -0.0662. The van der Waals surface area contributed by atoms with Crippen LogP contribution in [0, 0.1) is 0 Å². The molecule has 1 aliphatic rings. The molecule has 2 atom stereocenters. The van der Waals surface area contributed by atoms with Gasteiger partial charge in [0.05, 0.1) is 45.7 Å². The van der Waals surface area contributed by atoms with Gasteiger partial charge < -0.3 is 29.4 Å². The fourth-order valence-corrected chi connectivity index (χ4v) is 1.47. The number of methoxy groups -OCH3 is 1. The zero-order valence-corrected chi connectivity index (χ0v) is 10.4. The van der Waals surface area contributed by atoms with E-state index in [1.54, 1.807) is 7.11 Å². The number of nitrogens with one attached hydrogen (secondary N) is 1. The second-order valence-electron chi connectivity index (χ2n) is 3.96. The Balaban J connectivity index is 1.90. The molecule has 17 heavy (non-hydrogen) atoms. The first kappa shape index (κ1) is 14.8. The average molecular weight is 249 g/mol. The third-order valence-electron chi connectivity index (χ3n) is 2.36. The van der Waals surface area contributed by atoms with Gasteiger partial charge in [-0.15, -0.1) is 0 Å². The highest BCUT2D eigenvalue weighted by molar-refractivity contribution is 4.66. The molecular formula is C11H23NO5. The highest BCUT2D eigenvalue weighted by Gasteiger charge is 2.14. The summed E-state index contributed by atoms with van der Waals surface area (Å²) in [6.45, 7) is 4.49. The van der Waals surface area contributed by atoms with E-state index in [9.17, 15) is 5.11 Å². The lowest BCUT2D eigenvalue weighted by Crippen LogP contribution is -2.41. The van der Waals surface area contributed by atoms with Gasteiger partial charge in [0, 0.05) is 20.2 Å².